The van der Waals surface area contributed by atoms with Crippen LogP contribution < -0.4 is 10.6 Å². The average molecular weight is 429 g/mol. The highest BCUT2D eigenvalue weighted by molar-refractivity contribution is 6.04. The number of ether oxygens (including phenoxy) is 1. The number of carbonyl (C=O) groups is 2. The van der Waals surface area contributed by atoms with Gasteiger partial charge in [-0.3, -0.25) is 10.1 Å². The Labute approximate surface area is 185 Å². The summed E-state index contributed by atoms with van der Waals surface area (Å²) in [6, 6.07) is 5.32. The zero-order chi connectivity index (χ0) is 22.3. The van der Waals surface area contributed by atoms with Gasteiger partial charge in [-0.1, -0.05) is 64.7 Å². The number of aromatic nitrogens is 2. The Morgan fingerprint density at radius 2 is 1.65 bits per heavy atom. The van der Waals surface area contributed by atoms with Crippen LogP contribution in [0.25, 0.3) is 11.0 Å². The van der Waals surface area contributed by atoms with Gasteiger partial charge in [-0.25, -0.2) is 14.8 Å². The second kappa shape index (κ2) is 14.3. The highest BCUT2D eigenvalue weighted by Gasteiger charge is 2.17. The molecule has 0 saturated carbocycles. The van der Waals surface area contributed by atoms with E-state index in [0.717, 1.165) is 18.2 Å². The molecular formula is C24H36N4O3. The Morgan fingerprint density at radius 1 is 0.968 bits per heavy atom. The molecule has 7 nitrogen and oxygen atoms in total. The summed E-state index contributed by atoms with van der Waals surface area (Å²) < 4.78 is 4.92. The van der Waals surface area contributed by atoms with Crippen LogP contribution in [0.15, 0.2) is 24.4 Å². The van der Waals surface area contributed by atoms with E-state index in [2.05, 4.69) is 27.5 Å². The Bertz CT molecular complexity index is 826. The molecule has 7 heteroatoms. The first kappa shape index (κ1) is 24.6. The second-order valence-electron chi connectivity index (χ2n) is 7.72. The third kappa shape index (κ3) is 8.90. The third-order valence-electron chi connectivity index (χ3n) is 5.15. The molecule has 0 bridgehead atoms. The number of rotatable bonds is 14. The average Bonchev–Trinajstić information content (AvgIpc) is 2.77. The second-order valence-corrected chi connectivity index (χ2v) is 7.72. The summed E-state index contributed by atoms with van der Waals surface area (Å²) in [5.41, 5.74) is 0.765. The van der Waals surface area contributed by atoms with E-state index in [4.69, 9.17) is 4.74 Å². The van der Waals surface area contributed by atoms with Gasteiger partial charge >= 0.3 is 6.09 Å². The van der Waals surface area contributed by atoms with Gasteiger partial charge in [0.1, 0.15) is 0 Å². The monoisotopic (exact) mass is 428 g/mol. The number of fused-ring (bicyclic) bond motifs is 1. The van der Waals surface area contributed by atoms with Gasteiger partial charge in [-0.2, -0.15) is 0 Å². The van der Waals surface area contributed by atoms with E-state index in [-0.39, 0.29) is 18.3 Å². The lowest BCUT2D eigenvalue weighted by molar-refractivity contribution is 0.0953. The van der Waals surface area contributed by atoms with Crippen molar-refractivity contribution in [2.24, 2.45) is 0 Å². The van der Waals surface area contributed by atoms with E-state index < -0.39 is 6.09 Å². The maximum absolute atomic E-state index is 12.7. The Balaban J connectivity index is 1.81. The number of hydrogen-bond acceptors (Lipinski definition) is 5. The van der Waals surface area contributed by atoms with Crippen LogP contribution in [0, 0.1) is 0 Å². The van der Waals surface area contributed by atoms with Crippen LogP contribution in [0.3, 0.4) is 0 Å². The molecule has 0 aliphatic rings. The summed E-state index contributed by atoms with van der Waals surface area (Å²) >= 11 is 0. The Kier molecular flexibility index (Phi) is 11.4. The Hall–Kier alpha value is -2.70. The van der Waals surface area contributed by atoms with Crippen molar-refractivity contribution >= 4 is 28.9 Å². The quantitative estimate of drug-likeness (QED) is 0.368. The van der Waals surface area contributed by atoms with Crippen molar-refractivity contribution in [3.05, 3.63) is 30.0 Å². The molecule has 2 aromatic heterocycles. The molecular weight excluding hydrogens is 392 g/mol. The first-order valence-corrected chi connectivity index (χ1v) is 11.6. The number of hydrogen-bond donors (Lipinski definition) is 2. The first-order valence-electron chi connectivity index (χ1n) is 11.6. The zero-order valence-corrected chi connectivity index (χ0v) is 18.9. The largest absolute Gasteiger partial charge is 0.450 e. The normalized spacial score (nSPS) is 10.8. The van der Waals surface area contributed by atoms with Crippen LogP contribution in [0.4, 0.5) is 10.6 Å². The number of carbonyl (C=O) groups excluding carboxylic acids is 2. The van der Waals surface area contributed by atoms with Gasteiger partial charge < -0.3 is 10.1 Å². The topological polar surface area (TPSA) is 93.2 Å². The van der Waals surface area contributed by atoms with Crippen LogP contribution in [-0.4, -0.2) is 35.1 Å². The SMILES string of the molecule is CCCCCCCCCCCCNC(=O)c1cc2cccnc2nc1NC(=O)OCC. The molecule has 2 amide bonds. The molecule has 0 radical (unpaired) electrons. The molecule has 0 fully saturated rings. The molecule has 2 aromatic rings. The molecule has 0 aliphatic carbocycles. The summed E-state index contributed by atoms with van der Waals surface area (Å²) in [7, 11) is 0. The van der Waals surface area contributed by atoms with Crippen LogP contribution in [-0.2, 0) is 4.74 Å². The minimum atomic E-state index is -0.644. The van der Waals surface area contributed by atoms with Crippen LogP contribution in [0.1, 0.15) is 88.4 Å². The number of amides is 2. The molecule has 0 atom stereocenters. The van der Waals surface area contributed by atoms with Crippen LogP contribution >= 0.6 is 0 Å². The van der Waals surface area contributed by atoms with Gasteiger partial charge in [-0.15, -0.1) is 0 Å². The van der Waals surface area contributed by atoms with E-state index in [0.29, 0.717) is 17.8 Å². The van der Waals surface area contributed by atoms with Crippen LogP contribution in [0.5, 0.6) is 0 Å². The summed E-state index contributed by atoms with van der Waals surface area (Å²) in [5.74, 6) is -0.105. The lowest BCUT2D eigenvalue weighted by Crippen LogP contribution is -2.27. The summed E-state index contributed by atoms with van der Waals surface area (Å²) in [5, 5.41) is 6.23. The lowest BCUT2D eigenvalue weighted by atomic mass is 10.1. The fourth-order valence-corrected chi connectivity index (χ4v) is 3.45. The minimum absolute atomic E-state index is 0.158. The fraction of sp³-hybridized carbons (Fsp3) is 0.583. The van der Waals surface area contributed by atoms with E-state index in [1.54, 1.807) is 25.3 Å². The zero-order valence-electron chi connectivity index (χ0n) is 18.9. The van der Waals surface area contributed by atoms with Crippen molar-refractivity contribution in [1.29, 1.82) is 0 Å². The van der Waals surface area contributed by atoms with Gasteiger partial charge in [0.2, 0.25) is 0 Å². The van der Waals surface area contributed by atoms with E-state index in [9.17, 15) is 9.59 Å². The van der Waals surface area contributed by atoms with Crippen molar-refractivity contribution in [3.63, 3.8) is 0 Å². The summed E-state index contributed by atoms with van der Waals surface area (Å²) in [6.45, 7) is 4.79. The number of unbranched alkanes of at least 4 members (excludes halogenated alkanes) is 9. The van der Waals surface area contributed by atoms with Gasteiger partial charge in [0.15, 0.2) is 11.5 Å². The third-order valence-corrected chi connectivity index (χ3v) is 5.15. The van der Waals surface area contributed by atoms with E-state index >= 15 is 0 Å². The minimum Gasteiger partial charge on any atom is -0.450 e. The van der Waals surface area contributed by atoms with Gasteiger partial charge in [-0.05, 0) is 31.5 Å². The van der Waals surface area contributed by atoms with Crippen molar-refractivity contribution in [2.75, 3.05) is 18.5 Å². The van der Waals surface area contributed by atoms with Crippen molar-refractivity contribution < 1.29 is 14.3 Å². The standard InChI is InChI=1S/C24H36N4O3/c1-3-5-6-7-8-9-10-11-12-13-16-26-23(29)20-18-19-15-14-17-25-21(19)27-22(20)28-24(30)31-4-2/h14-15,17-18H,3-13,16H2,1-2H3,(H,26,29)(H,25,27,28,30). The summed E-state index contributed by atoms with van der Waals surface area (Å²) in [6.07, 6.45) is 13.4. The first-order chi connectivity index (χ1) is 15.2. The van der Waals surface area contributed by atoms with Crippen molar-refractivity contribution in [2.45, 2.75) is 78.1 Å². The number of nitrogens with one attached hydrogen (secondary N) is 2. The van der Waals surface area contributed by atoms with Gasteiger partial charge in [0.25, 0.3) is 5.91 Å². The molecule has 31 heavy (non-hydrogen) atoms. The molecule has 0 aromatic carbocycles. The maximum Gasteiger partial charge on any atom is 0.412 e. The number of nitrogens with zero attached hydrogens (tertiary/aromatic N) is 2. The molecule has 0 unspecified atom stereocenters. The fourth-order valence-electron chi connectivity index (χ4n) is 3.45. The Morgan fingerprint density at radius 3 is 2.32 bits per heavy atom. The molecule has 0 aliphatic heterocycles. The smallest absolute Gasteiger partial charge is 0.412 e. The maximum atomic E-state index is 12.7. The van der Waals surface area contributed by atoms with Gasteiger partial charge in [0.05, 0.1) is 12.2 Å². The molecule has 2 rings (SSSR count). The molecule has 0 spiro atoms. The van der Waals surface area contributed by atoms with Gasteiger partial charge in [0, 0.05) is 18.1 Å². The molecule has 170 valence electrons. The molecule has 2 N–H and O–H groups in total. The van der Waals surface area contributed by atoms with E-state index in [1.165, 1.54) is 51.4 Å². The van der Waals surface area contributed by atoms with E-state index in [1.807, 2.05) is 6.07 Å². The summed E-state index contributed by atoms with van der Waals surface area (Å²) in [4.78, 5) is 33.1. The van der Waals surface area contributed by atoms with Crippen molar-refractivity contribution in [1.82, 2.24) is 15.3 Å². The number of anilines is 1. The predicted molar refractivity (Wildman–Crippen MR) is 124 cm³/mol. The molecule has 2 heterocycles. The highest BCUT2D eigenvalue weighted by atomic mass is 16.5. The predicted octanol–water partition coefficient (Wildman–Crippen LogP) is 5.85. The van der Waals surface area contributed by atoms with Crippen molar-refractivity contribution in [3.8, 4) is 0 Å². The molecule has 0 saturated heterocycles. The highest BCUT2D eigenvalue weighted by Crippen LogP contribution is 2.19. The lowest BCUT2D eigenvalue weighted by Gasteiger charge is -2.12. The van der Waals surface area contributed by atoms with Crippen LogP contribution in [0.2, 0.25) is 0 Å². The number of pyridine rings is 2.